The van der Waals surface area contributed by atoms with Crippen molar-refractivity contribution in [3.8, 4) is 0 Å². The molecule has 2 heterocycles. The number of nitrogens with zero attached hydrogens (tertiary/aromatic N) is 1. The van der Waals surface area contributed by atoms with Crippen LogP contribution < -0.4 is 5.32 Å². The second-order valence-electron chi connectivity index (χ2n) is 6.95. The Morgan fingerprint density at radius 3 is 2.78 bits per heavy atom. The van der Waals surface area contributed by atoms with Crippen molar-refractivity contribution in [2.45, 2.75) is 58.6 Å². The summed E-state index contributed by atoms with van der Waals surface area (Å²) in [5.74, 6) is 0. The molecule has 106 valence electrons. The molecule has 0 aromatic rings. The van der Waals surface area contributed by atoms with Crippen LogP contribution in [0.2, 0.25) is 0 Å². The Kier molecular flexibility index (Phi) is 5.05. The third-order valence-electron chi connectivity index (χ3n) is 4.32. The maximum Gasteiger partial charge on any atom is 0.0588 e. The Balaban J connectivity index is 1.79. The van der Waals surface area contributed by atoms with E-state index in [-0.39, 0.29) is 0 Å². The number of hydrogen-bond donors (Lipinski definition) is 1. The highest BCUT2D eigenvalue weighted by Crippen LogP contribution is 2.22. The number of nitrogens with one attached hydrogen (secondary N) is 1. The van der Waals surface area contributed by atoms with Crippen molar-refractivity contribution >= 4 is 0 Å². The Bertz CT molecular complexity index is 243. The van der Waals surface area contributed by atoms with E-state index in [4.69, 9.17) is 4.74 Å². The molecule has 2 unspecified atom stereocenters. The quantitative estimate of drug-likeness (QED) is 0.836. The first-order valence-electron chi connectivity index (χ1n) is 7.63. The molecule has 0 amide bonds. The molecule has 2 saturated heterocycles. The Hall–Kier alpha value is -0.120. The smallest absolute Gasteiger partial charge is 0.0588 e. The minimum atomic E-state index is 0.354. The lowest BCUT2D eigenvalue weighted by Gasteiger charge is -2.34. The van der Waals surface area contributed by atoms with Crippen LogP contribution in [0.1, 0.15) is 46.5 Å². The minimum Gasteiger partial charge on any atom is -0.378 e. The van der Waals surface area contributed by atoms with Crippen molar-refractivity contribution in [3.05, 3.63) is 0 Å². The van der Waals surface area contributed by atoms with E-state index in [0.29, 0.717) is 17.6 Å². The fraction of sp³-hybridized carbons (Fsp3) is 1.00. The molecule has 1 N–H and O–H groups in total. The highest BCUT2D eigenvalue weighted by atomic mass is 16.5. The summed E-state index contributed by atoms with van der Waals surface area (Å²) in [6, 6.07) is 0.615. The van der Waals surface area contributed by atoms with Crippen LogP contribution in [0.4, 0.5) is 0 Å². The summed E-state index contributed by atoms with van der Waals surface area (Å²) in [5, 5.41) is 3.71. The van der Waals surface area contributed by atoms with Gasteiger partial charge >= 0.3 is 0 Å². The maximum atomic E-state index is 5.73. The standard InChI is InChI=1S/C15H30N2O/c1-15(2,3)14-12-17(9-5-8-16-14)10-7-13-6-4-11-18-13/h13-14,16H,4-12H2,1-3H3. The molecule has 3 heteroatoms. The van der Waals surface area contributed by atoms with Gasteiger partial charge in [-0.2, -0.15) is 0 Å². The predicted molar refractivity (Wildman–Crippen MR) is 75.9 cm³/mol. The number of rotatable bonds is 3. The molecule has 0 aromatic heterocycles. The van der Waals surface area contributed by atoms with E-state index in [1.165, 1.54) is 51.9 Å². The predicted octanol–water partition coefficient (Wildman–Crippen LogP) is 2.27. The van der Waals surface area contributed by atoms with E-state index in [9.17, 15) is 0 Å². The summed E-state index contributed by atoms with van der Waals surface area (Å²) < 4.78 is 5.73. The normalized spacial score (nSPS) is 31.5. The van der Waals surface area contributed by atoms with Crippen LogP contribution in [0.3, 0.4) is 0 Å². The largest absolute Gasteiger partial charge is 0.378 e. The zero-order chi connectivity index (χ0) is 13.0. The summed E-state index contributed by atoms with van der Waals surface area (Å²) >= 11 is 0. The van der Waals surface area contributed by atoms with Crippen LogP contribution in [-0.4, -0.2) is 49.8 Å². The van der Waals surface area contributed by atoms with Gasteiger partial charge in [0.05, 0.1) is 6.10 Å². The Morgan fingerprint density at radius 1 is 1.28 bits per heavy atom. The van der Waals surface area contributed by atoms with Gasteiger partial charge in [0.15, 0.2) is 0 Å². The Morgan fingerprint density at radius 2 is 2.11 bits per heavy atom. The highest BCUT2D eigenvalue weighted by Gasteiger charge is 2.28. The van der Waals surface area contributed by atoms with Crippen molar-refractivity contribution < 1.29 is 4.74 Å². The summed E-state index contributed by atoms with van der Waals surface area (Å²) in [4.78, 5) is 2.64. The minimum absolute atomic E-state index is 0.354. The summed E-state index contributed by atoms with van der Waals surface area (Å²) in [6.45, 7) is 12.8. The third kappa shape index (κ3) is 4.22. The van der Waals surface area contributed by atoms with Crippen molar-refractivity contribution in [1.82, 2.24) is 10.2 Å². The first-order valence-corrected chi connectivity index (χ1v) is 7.63. The average Bonchev–Trinajstić information content (AvgIpc) is 2.69. The zero-order valence-electron chi connectivity index (χ0n) is 12.4. The number of hydrogen-bond acceptors (Lipinski definition) is 3. The lowest BCUT2D eigenvalue weighted by Crippen LogP contribution is -2.46. The molecule has 0 radical (unpaired) electrons. The molecule has 2 rings (SSSR count). The van der Waals surface area contributed by atoms with Crippen LogP contribution in [0.5, 0.6) is 0 Å². The molecule has 2 fully saturated rings. The summed E-state index contributed by atoms with van der Waals surface area (Å²) in [5.41, 5.74) is 0.354. The van der Waals surface area contributed by atoms with Gasteiger partial charge in [-0.1, -0.05) is 20.8 Å². The third-order valence-corrected chi connectivity index (χ3v) is 4.32. The lowest BCUT2D eigenvalue weighted by atomic mass is 9.86. The van der Waals surface area contributed by atoms with E-state index >= 15 is 0 Å². The van der Waals surface area contributed by atoms with Crippen LogP contribution in [0.15, 0.2) is 0 Å². The fourth-order valence-corrected chi connectivity index (χ4v) is 2.97. The van der Waals surface area contributed by atoms with Gasteiger partial charge in [0.1, 0.15) is 0 Å². The van der Waals surface area contributed by atoms with Crippen LogP contribution in [0, 0.1) is 5.41 Å². The summed E-state index contributed by atoms with van der Waals surface area (Å²) in [7, 11) is 0. The maximum absolute atomic E-state index is 5.73. The molecular weight excluding hydrogens is 224 g/mol. The van der Waals surface area contributed by atoms with Crippen molar-refractivity contribution in [2.24, 2.45) is 5.41 Å². The molecule has 2 aliphatic rings. The van der Waals surface area contributed by atoms with E-state index in [1.807, 2.05) is 0 Å². The fourth-order valence-electron chi connectivity index (χ4n) is 2.97. The van der Waals surface area contributed by atoms with Gasteiger partial charge in [0.25, 0.3) is 0 Å². The van der Waals surface area contributed by atoms with Gasteiger partial charge in [-0.25, -0.2) is 0 Å². The van der Waals surface area contributed by atoms with Crippen molar-refractivity contribution in [3.63, 3.8) is 0 Å². The second kappa shape index (κ2) is 6.36. The molecule has 0 bridgehead atoms. The van der Waals surface area contributed by atoms with E-state index in [2.05, 4.69) is 31.0 Å². The van der Waals surface area contributed by atoms with E-state index in [1.54, 1.807) is 0 Å². The van der Waals surface area contributed by atoms with Gasteiger partial charge in [-0.3, -0.25) is 0 Å². The van der Waals surface area contributed by atoms with Gasteiger partial charge in [-0.05, 0) is 44.2 Å². The monoisotopic (exact) mass is 254 g/mol. The number of ether oxygens (including phenoxy) is 1. The Labute approximate surface area is 112 Å². The molecule has 0 aliphatic carbocycles. The van der Waals surface area contributed by atoms with Crippen molar-refractivity contribution in [1.29, 1.82) is 0 Å². The highest BCUT2D eigenvalue weighted by molar-refractivity contribution is 4.86. The van der Waals surface area contributed by atoms with E-state index in [0.717, 1.165) is 6.61 Å². The molecule has 0 aromatic carbocycles. The van der Waals surface area contributed by atoms with Gasteiger partial charge in [-0.15, -0.1) is 0 Å². The SMILES string of the molecule is CC(C)(C)C1CN(CCC2CCCO2)CCCN1. The second-order valence-corrected chi connectivity index (χ2v) is 6.95. The van der Waals surface area contributed by atoms with Gasteiger partial charge in [0.2, 0.25) is 0 Å². The van der Waals surface area contributed by atoms with E-state index < -0.39 is 0 Å². The molecule has 2 atom stereocenters. The molecule has 3 nitrogen and oxygen atoms in total. The molecule has 2 aliphatic heterocycles. The van der Waals surface area contributed by atoms with Gasteiger partial charge < -0.3 is 15.0 Å². The molecular formula is C15H30N2O. The van der Waals surface area contributed by atoms with Crippen LogP contribution >= 0.6 is 0 Å². The first-order chi connectivity index (χ1) is 8.55. The lowest BCUT2D eigenvalue weighted by molar-refractivity contribution is 0.0891. The summed E-state index contributed by atoms with van der Waals surface area (Å²) in [6.07, 6.45) is 5.56. The molecule has 0 spiro atoms. The first kappa shape index (κ1) is 14.3. The molecule has 0 saturated carbocycles. The van der Waals surface area contributed by atoms with Crippen LogP contribution in [0.25, 0.3) is 0 Å². The van der Waals surface area contributed by atoms with Gasteiger partial charge in [0, 0.05) is 25.7 Å². The average molecular weight is 254 g/mol. The zero-order valence-corrected chi connectivity index (χ0v) is 12.4. The molecule has 18 heavy (non-hydrogen) atoms. The van der Waals surface area contributed by atoms with Crippen LogP contribution in [-0.2, 0) is 4.74 Å². The topological polar surface area (TPSA) is 24.5 Å². The van der Waals surface area contributed by atoms with Crippen molar-refractivity contribution in [2.75, 3.05) is 32.8 Å².